The topological polar surface area (TPSA) is 68.0 Å². The molecular formula is C17H26Cl2N6O. The summed E-state index contributed by atoms with van der Waals surface area (Å²) < 4.78 is 3.71. The molecule has 4 heterocycles. The molecule has 2 aliphatic heterocycles. The van der Waals surface area contributed by atoms with Gasteiger partial charge in [0, 0.05) is 44.6 Å². The van der Waals surface area contributed by atoms with Gasteiger partial charge < -0.3 is 10.2 Å². The second-order valence-corrected chi connectivity index (χ2v) is 6.92. The van der Waals surface area contributed by atoms with E-state index >= 15 is 0 Å². The molecule has 2 aliphatic rings. The largest absolute Gasteiger partial charge is 0.340 e. The number of amides is 1. The zero-order valence-corrected chi connectivity index (χ0v) is 16.5. The fourth-order valence-electron chi connectivity index (χ4n) is 4.07. The van der Waals surface area contributed by atoms with Gasteiger partial charge in [0.1, 0.15) is 5.54 Å². The van der Waals surface area contributed by atoms with Crippen LogP contribution in [-0.2, 0) is 17.4 Å². The second-order valence-electron chi connectivity index (χ2n) is 6.92. The van der Waals surface area contributed by atoms with Crippen molar-refractivity contribution in [2.24, 2.45) is 7.05 Å². The molecule has 0 aliphatic carbocycles. The smallest absolute Gasteiger partial charge is 0.250 e. The number of aromatic nitrogens is 4. The number of hydrogen-bond donors (Lipinski definition) is 1. The van der Waals surface area contributed by atoms with E-state index in [1.165, 1.54) is 5.56 Å². The second kappa shape index (κ2) is 8.41. The highest BCUT2D eigenvalue weighted by atomic mass is 35.5. The lowest BCUT2D eigenvalue weighted by Gasteiger charge is -2.39. The van der Waals surface area contributed by atoms with Gasteiger partial charge in [-0.15, -0.1) is 24.8 Å². The van der Waals surface area contributed by atoms with Crippen LogP contribution in [-0.4, -0.2) is 56.5 Å². The summed E-state index contributed by atoms with van der Waals surface area (Å²) in [5, 5.41) is 12.0. The average Bonchev–Trinajstić information content (AvgIpc) is 3.35. The number of nitrogens with zero attached hydrogens (tertiary/aromatic N) is 5. The molecule has 2 aromatic rings. The molecule has 2 saturated heterocycles. The van der Waals surface area contributed by atoms with Gasteiger partial charge in [-0.2, -0.15) is 10.2 Å². The monoisotopic (exact) mass is 400 g/mol. The minimum Gasteiger partial charge on any atom is -0.340 e. The first-order chi connectivity index (χ1) is 11.7. The van der Waals surface area contributed by atoms with Crippen LogP contribution in [0.5, 0.6) is 0 Å². The minimum atomic E-state index is -0.529. The van der Waals surface area contributed by atoms with E-state index in [0.717, 1.165) is 45.4 Å². The third kappa shape index (κ3) is 3.61. The van der Waals surface area contributed by atoms with Crippen LogP contribution in [0, 0.1) is 0 Å². The molecule has 2 aromatic heterocycles. The van der Waals surface area contributed by atoms with E-state index in [0.29, 0.717) is 5.92 Å². The molecule has 0 radical (unpaired) electrons. The van der Waals surface area contributed by atoms with E-state index in [4.69, 9.17) is 0 Å². The SMILES string of the molecule is Cl.Cl.Cn1cc(C2CCN(C(=O)C3(n4cccn4)CCNCC3)C2)cn1. The number of carbonyl (C=O) groups excluding carboxylic acids is 1. The maximum atomic E-state index is 13.4. The third-order valence-corrected chi connectivity index (χ3v) is 5.44. The predicted octanol–water partition coefficient (Wildman–Crippen LogP) is 1.55. The van der Waals surface area contributed by atoms with E-state index < -0.39 is 5.54 Å². The van der Waals surface area contributed by atoms with Crippen molar-refractivity contribution in [2.75, 3.05) is 26.2 Å². The molecule has 0 spiro atoms. The number of hydrogen-bond acceptors (Lipinski definition) is 4. The fraction of sp³-hybridized carbons (Fsp3) is 0.588. The molecule has 1 N–H and O–H groups in total. The lowest BCUT2D eigenvalue weighted by molar-refractivity contribution is -0.142. The van der Waals surface area contributed by atoms with Crippen LogP contribution < -0.4 is 5.32 Å². The molecule has 0 bridgehead atoms. The third-order valence-electron chi connectivity index (χ3n) is 5.44. The summed E-state index contributed by atoms with van der Waals surface area (Å²) in [4.78, 5) is 15.5. The van der Waals surface area contributed by atoms with Crippen molar-refractivity contribution in [2.45, 2.75) is 30.7 Å². The lowest BCUT2D eigenvalue weighted by atomic mass is 9.87. The highest BCUT2D eigenvalue weighted by Gasteiger charge is 2.46. The van der Waals surface area contributed by atoms with Gasteiger partial charge in [0.2, 0.25) is 0 Å². The number of piperidine rings is 1. The lowest BCUT2D eigenvalue weighted by Crippen LogP contribution is -2.55. The van der Waals surface area contributed by atoms with Crippen molar-refractivity contribution < 1.29 is 4.79 Å². The summed E-state index contributed by atoms with van der Waals surface area (Å²) >= 11 is 0. The van der Waals surface area contributed by atoms with Gasteiger partial charge in [0.15, 0.2) is 0 Å². The highest BCUT2D eigenvalue weighted by Crippen LogP contribution is 2.34. The molecule has 4 rings (SSSR count). The molecule has 2 fully saturated rings. The quantitative estimate of drug-likeness (QED) is 0.848. The molecule has 1 atom stereocenters. The molecule has 0 saturated carbocycles. The van der Waals surface area contributed by atoms with Crippen molar-refractivity contribution in [3.05, 3.63) is 36.4 Å². The van der Waals surface area contributed by atoms with Gasteiger partial charge in [-0.05, 0) is 44.0 Å². The minimum absolute atomic E-state index is 0. The maximum absolute atomic E-state index is 13.4. The zero-order chi connectivity index (χ0) is 16.6. The Morgan fingerprint density at radius 2 is 2.04 bits per heavy atom. The molecule has 9 heteroatoms. The number of rotatable bonds is 3. The van der Waals surface area contributed by atoms with Crippen LogP contribution in [0.25, 0.3) is 0 Å². The van der Waals surface area contributed by atoms with Gasteiger partial charge >= 0.3 is 0 Å². The summed E-state index contributed by atoms with van der Waals surface area (Å²) in [5.41, 5.74) is 0.699. The van der Waals surface area contributed by atoms with Gasteiger partial charge in [-0.1, -0.05) is 0 Å². The van der Waals surface area contributed by atoms with E-state index in [1.54, 1.807) is 6.20 Å². The first kappa shape index (κ1) is 20.7. The van der Waals surface area contributed by atoms with Gasteiger partial charge in [-0.3, -0.25) is 14.2 Å². The Kier molecular flexibility index (Phi) is 6.71. The zero-order valence-electron chi connectivity index (χ0n) is 14.9. The molecule has 1 amide bonds. The average molecular weight is 401 g/mol. The van der Waals surface area contributed by atoms with Crippen molar-refractivity contribution >= 4 is 30.7 Å². The van der Waals surface area contributed by atoms with Gasteiger partial charge in [0.05, 0.1) is 6.20 Å². The number of carbonyl (C=O) groups is 1. The van der Waals surface area contributed by atoms with E-state index in [2.05, 4.69) is 21.7 Å². The number of aryl methyl sites for hydroxylation is 1. The van der Waals surface area contributed by atoms with E-state index in [9.17, 15) is 4.79 Å². The summed E-state index contributed by atoms with van der Waals surface area (Å²) in [6.07, 6.45) is 10.3. The van der Waals surface area contributed by atoms with Crippen LogP contribution in [0.3, 0.4) is 0 Å². The Hall–Kier alpha value is -1.57. The Morgan fingerprint density at radius 1 is 1.27 bits per heavy atom. The van der Waals surface area contributed by atoms with Gasteiger partial charge in [-0.25, -0.2) is 0 Å². The molecular weight excluding hydrogens is 375 g/mol. The number of halogens is 2. The summed E-state index contributed by atoms with van der Waals surface area (Å²) in [5.74, 6) is 0.609. The van der Waals surface area contributed by atoms with Crippen LogP contribution in [0.1, 0.15) is 30.7 Å². The summed E-state index contributed by atoms with van der Waals surface area (Å²) in [6.45, 7) is 3.30. The molecule has 144 valence electrons. The van der Waals surface area contributed by atoms with Gasteiger partial charge in [0.25, 0.3) is 5.91 Å². The first-order valence-electron chi connectivity index (χ1n) is 8.68. The molecule has 7 nitrogen and oxygen atoms in total. The normalized spacial score (nSPS) is 21.7. The Morgan fingerprint density at radius 3 is 2.65 bits per heavy atom. The predicted molar refractivity (Wildman–Crippen MR) is 104 cm³/mol. The summed E-state index contributed by atoms with van der Waals surface area (Å²) in [6, 6.07) is 1.90. The van der Waals surface area contributed by atoms with Crippen LogP contribution in [0.15, 0.2) is 30.9 Å². The van der Waals surface area contributed by atoms with Crippen molar-refractivity contribution in [1.82, 2.24) is 29.8 Å². The Bertz CT molecular complexity index is 711. The Labute approximate surface area is 165 Å². The van der Waals surface area contributed by atoms with Crippen LogP contribution >= 0.6 is 24.8 Å². The van der Waals surface area contributed by atoms with Crippen molar-refractivity contribution in [3.8, 4) is 0 Å². The van der Waals surface area contributed by atoms with Crippen LogP contribution in [0.2, 0.25) is 0 Å². The Balaban J connectivity index is 0.00000121. The molecule has 26 heavy (non-hydrogen) atoms. The first-order valence-corrected chi connectivity index (χ1v) is 8.68. The summed E-state index contributed by atoms with van der Waals surface area (Å²) in [7, 11) is 1.93. The van der Waals surface area contributed by atoms with Crippen LogP contribution in [0.4, 0.5) is 0 Å². The van der Waals surface area contributed by atoms with E-state index in [-0.39, 0.29) is 30.7 Å². The number of nitrogens with one attached hydrogen (secondary N) is 1. The van der Waals surface area contributed by atoms with E-state index in [1.807, 2.05) is 39.8 Å². The maximum Gasteiger partial charge on any atom is 0.250 e. The fourth-order valence-corrected chi connectivity index (χ4v) is 4.07. The highest BCUT2D eigenvalue weighted by molar-refractivity contribution is 5.86. The standard InChI is InChI=1S/C17H24N6O.2ClH/c1-21-12-15(11-20-21)14-3-10-22(13-14)16(24)17(4-7-18-8-5-17)23-9-2-6-19-23;;/h2,6,9,11-12,14,18H,3-5,7-8,10,13H2,1H3;2*1H. The van der Waals surface area contributed by atoms with Crippen molar-refractivity contribution in [1.29, 1.82) is 0 Å². The number of likely N-dealkylation sites (tertiary alicyclic amines) is 1. The molecule has 0 aromatic carbocycles. The van der Waals surface area contributed by atoms with Crippen molar-refractivity contribution in [3.63, 3.8) is 0 Å². The molecule has 1 unspecified atom stereocenters.